The van der Waals surface area contributed by atoms with Crippen LogP contribution in [0.3, 0.4) is 0 Å². The molecule has 1 amide bonds. The minimum Gasteiger partial charge on any atom is -0.314 e. The third kappa shape index (κ3) is 5.07. The molecule has 5 rings (SSSR count). The maximum Gasteiger partial charge on any atom is 0.240 e. The van der Waals surface area contributed by atoms with E-state index in [-0.39, 0.29) is 28.7 Å². The van der Waals surface area contributed by atoms with Crippen LogP contribution in [0.15, 0.2) is 58.4 Å². The van der Waals surface area contributed by atoms with E-state index in [2.05, 4.69) is 22.2 Å². The summed E-state index contributed by atoms with van der Waals surface area (Å²) in [6, 6.07) is 14.8. The second-order valence-electron chi connectivity index (χ2n) is 9.71. The third-order valence-corrected chi connectivity index (χ3v) is 9.19. The fraction of sp³-hybridized carbons (Fsp3) is 0.462. The van der Waals surface area contributed by atoms with Gasteiger partial charge in [0.15, 0.2) is 0 Å². The summed E-state index contributed by atoms with van der Waals surface area (Å²) >= 11 is 6.16. The summed E-state index contributed by atoms with van der Waals surface area (Å²) in [7, 11) is -3.49. The molecule has 2 aliphatic carbocycles. The van der Waals surface area contributed by atoms with E-state index in [1.807, 2.05) is 6.07 Å². The molecule has 0 radical (unpaired) electrons. The van der Waals surface area contributed by atoms with Gasteiger partial charge in [0, 0.05) is 29.8 Å². The summed E-state index contributed by atoms with van der Waals surface area (Å²) in [6.07, 6.45) is 5.93. The Morgan fingerprint density at radius 2 is 1.79 bits per heavy atom. The molecule has 0 spiro atoms. The Balaban J connectivity index is 1.11. The molecule has 0 bridgehead atoms. The Morgan fingerprint density at radius 1 is 1.03 bits per heavy atom. The number of hydrogen-bond acceptors (Lipinski definition) is 4. The Hall–Kier alpha value is -2.22. The molecule has 2 N–H and O–H groups in total. The second-order valence-corrected chi connectivity index (χ2v) is 11.9. The summed E-state index contributed by atoms with van der Waals surface area (Å²) in [6.45, 7) is 0.408. The maximum absolute atomic E-state index is 12.9. The van der Waals surface area contributed by atoms with Crippen molar-refractivity contribution in [3.05, 3.63) is 64.7 Å². The monoisotopic (exact) mass is 499 g/mol. The van der Waals surface area contributed by atoms with Crippen LogP contribution in [0, 0.1) is 11.8 Å². The number of aliphatic imine (C=N–C) groups is 1. The van der Waals surface area contributed by atoms with Gasteiger partial charge in [0.05, 0.1) is 10.9 Å². The number of hydrogen-bond donors (Lipinski definition) is 2. The zero-order valence-electron chi connectivity index (χ0n) is 19.0. The molecule has 1 aliphatic heterocycles. The van der Waals surface area contributed by atoms with Crippen LogP contribution in [0.1, 0.15) is 55.6 Å². The number of nitrogens with zero attached hydrogens (tertiary/aromatic N) is 1. The number of rotatable bonds is 5. The lowest BCUT2D eigenvalue weighted by atomic mass is 9.79. The van der Waals surface area contributed by atoms with Crippen LogP contribution in [0.5, 0.6) is 0 Å². The van der Waals surface area contributed by atoms with E-state index in [4.69, 9.17) is 16.6 Å². The number of sulfonamides is 1. The van der Waals surface area contributed by atoms with Crippen molar-refractivity contribution < 1.29 is 13.2 Å². The first-order chi connectivity index (χ1) is 16.4. The first-order valence-corrected chi connectivity index (χ1v) is 14.0. The van der Waals surface area contributed by atoms with Gasteiger partial charge in [0.1, 0.15) is 5.84 Å². The first kappa shape index (κ1) is 23.5. The molecule has 2 aromatic rings. The van der Waals surface area contributed by atoms with Crippen molar-refractivity contribution >= 4 is 33.4 Å². The molecule has 0 aromatic heterocycles. The highest BCUT2D eigenvalue weighted by atomic mass is 35.5. The topological polar surface area (TPSA) is 87.6 Å². The molecule has 8 heteroatoms. The van der Waals surface area contributed by atoms with Gasteiger partial charge in [-0.25, -0.2) is 13.1 Å². The number of aryl methyl sites for hydroxylation is 1. The highest BCUT2D eigenvalue weighted by molar-refractivity contribution is 7.89. The minimum atomic E-state index is -3.49. The van der Waals surface area contributed by atoms with E-state index in [1.54, 1.807) is 30.3 Å². The molecule has 0 saturated heterocycles. The maximum atomic E-state index is 12.9. The first-order valence-electron chi connectivity index (χ1n) is 12.1. The molecule has 1 heterocycles. The molecular formula is C26H30ClN3O3S. The van der Waals surface area contributed by atoms with Crippen molar-refractivity contribution in [2.24, 2.45) is 16.8 Å². The molecule has 1 saturated carbocycles. The van der Waals surface area contributed by atoms with Gasteiger partial charge in [0.25, 0.3) is 0 Å². The predicted octanol–water partition coefficient (Wildman–Crippen LogP) is 4.44. The van der Waals surface area contributed by atoms with Gasteiger partial charge in [-0.3, -0.25) is 9.79 Å². The Bertz CT molecular complexity index is 1190. The Kier molecular flexibility index (Phi) is 6.78. The zero-order valence-corrected chi connectivity index (χ0v) is 20.6. The van der Waals surface area contributed by atoms with Gasteiger partial charge in [-0.15, -0.1) is 0 Å². The molecule has 2 atom stereocenters. The van der Waals surface area contributed by atoms with Crippen LogP contribution in [0.2, 0.25) is 5.02 Å². The molecule has 2 unspecified atom stereocenters. The summed E-state index contributed by atoms with van der Waals surface area (Å²) in [5.74, 6) is 1.39. The highest BCUT2D eigenvalue weighted by Crippen LogP contribution is 2.40. The largest absolute Gasteiger partial charge is 0.314 e. The molecule has 180 valence electrons. The zero-order chi connectivity index (χ0) is 23.7. The van der Waals surface area contributed by atoms with E-state index >= 15 is 0 Å². The number of benzene rings is 2. The van der Waals surface area contributed by atoms with Gasteiger partial charge >= 0.3 is 0 Å². The van der Waals surface area contributed by atoms with Crippen LogP contribution in [0.25, 0.3) is 0 Å². The predicted molar refractivity (Wildman–Crippen MR) is 134 cm³/mol. The van der Waals surface area contributed by atoms with E-state index in [9.17, 15) is 13.2 Å². The van der Waals surface area contributed by atoms with Gasteiger partial charge < -0.3 is 5.32 Å². The summed E-state index contributed by atoms with van der Waals surface area (Å²) in [5.41, 5.74) is 2.62. The van der Waals surface area contributed by atoms with Crippen LogP contribution in [-0.2, 0) is 21.2 Å². The average molecular weight is 500 g/mol. The molecule has 1 fully saturated rings. The number of carbonyl (C=O) groups excluding carboxylic acids is 1. The van der Waals surface area contributed by atoms with Crippen LogP contribution < -0.4 is 10.0 Å². The number of amidine groups is 1. The average Bonchev–Trinajstić information content (AvgIpc) is 3.26. The Morgan fingerprint density at radius 3 is 2.56 bits per heavy atom. The fourth-order valence-electron chi connectivity index (χ4n) is 5.59. The van der Waals surface area contributed by atoms with E-state index in [0.29, 0.717) is 12.5 Å². The standard InChI is InChI=1S/C26H30ClN3O3S/c27-20-11-12-22-19(14-20)10-13-24-23(22)15-25(29-24)30-26(31)18-8-6-17(7-9-18)16-28-34(32,33)21-4-2-1-3-5-21/h1-5,11-12,14,17-18,23-24,28H,6-10,13,15-16H2,(H,29,30,31). The van der Waals surface area contributed by atoms with Gasteiger partial charge in [0.2, 0.25) is 15.9 Å². The van der Waals surface area contributed by atoms with Crippen molar-refractivity contribution in [3.63, 3.8) is 0 Å². The second kappa shape index (κ2) is 9.80. The van der Waals surface area contributed by atoms with Crippen molar-refractivity contribution in [1.82, 2.24) is 10.0 Å². The highest BCUT2D eigenvalue weighted by Gasteiger charge is 2.36. The van der Waals surface area contributed by atoms with Gasteiger partial charge in [-0.1, -0.05) is 35.9 Å². The van der Waals surface area contributed by atoms with Crippen molar-refractivity contribution in [1.29, 1.82) is 0 Å². The number of nitrogens with one attached hydrogen (secondary N) is 2. The Labute approximate surface area is 206 Å². The van der Waals surface area contributed by atoms with Crippen molar-refractivity contribution in [2.75, 3.05) is 6.54 Å². The van der Waals surface area contributed by atoms with Gasteiger partial charge in [-0.05, 0) is 79.8 Å². The smallest absolute Gasteiger partial charge is 0.240 e. The molecule has 2 aromatic carbocycles. The minimum absolute atomic E-state index is 0.0431. The van der Waals surface area contributed by atoms with E-state index in [1.165, 1.54) is 11.1 Å². The number of fused-ring (bicyclic) bond motifs is 3. The molecule has 3 aliphatic rings. The van der Waals surface area contributed by atoms with Crippen molar-refractivity contribution in [3.8, 4) is 0 Å². The number of amides is 1. The third-order valence-electron chi connectivity index (χ3n) is 7.51. The van der Waals surface area contributed by atoms with Crippen molar-refractivity contribution in [2.45, 2.75) is 61.8 Å². The van der Waals surface area contributed by atoms with E-state index < -0.39 is 10.0 Å². The summed E-state index contributed by atoms with van der Waals surface area (Å²) in [4.78, 5) is 18.1. The summed E-state index contributed by atoms with van der Waals surface area (Å²) in [5, 5.41) is 3.88. The SMILES string of the molecule is O=C(NC1=NC2CCc3cc(Cl)ccc3C2C1)C1CCC(CNS(=O)(=O)c2ccccc2)CC1. The lowest BCUT2D eigenvalue weighted by molar-refractivity contribution is -0.124. The van der Waals surface area contributed by atoms with Crippen LogP contribution in [0.4, 0.5) is 0 Å². The normalized spacial score (nSPS) is 26.3. The lowest BCUT2D eigenvalue weighted by Gasteiger charge is -2.28. The molecule has 6 nitrogen and oxygen atoms in total. The molecule has 34 heavy (non-hydrogen) atoms. The van der Waals surface area contributed by atoms with Crippen LogP contribution >= 0.6 is 11.6 Å². The van der Waals surface area contributed by atoms with Gasteiger partial charge in [-0.2, -0.15) is 0 Å². The lowest BCUT2D eigenvalue weighted by Crippen LogP contribution is -2.38. The summed E-state index contributed by atoms with van der Waals surface area (Å²) < 4.78 is 27.6. The van der Waals surface area contributed by atoms with Crippen LogP contribution in [-0.4, -0.2) is 32.7 Å². The number of halogens is 1. The quantitative estimate of drug-likeness (QED) is 0.637. The van der Waals surface area contributed by atoms with E-state index in [0.717, 1.165) is 55.8 Å². The number of carbonyl (C=O) groups is 1. The fourth-order valence-corrected chi connectivity index (χ4v) is 6.92. The molecular weight excluding hydrogens is 470 g/mol.